The average molecular weight is 397 g/mol. The Balaban J connectivity index is 1.58. The van der Waals surface area contributed by atoms with Gasteiger partial charge < -0.3 is 5.32 Å². The molecule has 8 heteroatoms. The molecule has 1 aromatic carbocycles. The Labute approximate surface area is 156 Å². The monoisotopic (exact) mass is 396 g/mol. The van der Waals surface area contributed by atoms with Gasteiger partial charge in [0.2, 0.25) is 5.91 Å². The first-order chi connectivity index (χ1) is 12.4. The molecule has 2 heterocycles. The summed E-state index contributed by atoms with van der Waals surface area (Å²) < 4.78 is 40.3. The maximum absolute atomic E-state index is 13.5. The van der Waals surface area contributed by atoms with Gasteiger partial charge in [0, 0.05) is 24.5 Å². The second-order valence-electron chi connectivity index (χ2n) is 6.37. The number of benzene rings is 1. The molecule has 1 aliphatic heterocycles. The van der Waals surface area contributed by atoms with Crippen LogP contribution < -0.4 is 5.32 Å². The molecule has 1 aromatic heterocycles. The molecule has 5 nitrogen and oxygen atoms in total. The molecule has 0 spiro atoms. The molecule has 1 N–H and O–H groups in total. The molecule has 0 radical (unpaired) electrons. The van der Waals surface area contributed by atoms with Gasteiger partial charge in [0.15, 0.2) is 0 Å². The maximum atomic E-state index is 13.5. The smallest absolute Gasteiger partial charge is 0.252 e. The third-order valence-corrected chi connectivity index (χ3v) is 7.81. The number of hydrogen-bond donors (Lipinski definition) is 1. The molecule has 0 unspecified atom stereocenters. The fourth-order valence-electron chi connectivity index (χ4n) is 2.82. The van der Waals surface area contributed by atoms with E-state index < -0.39 is 10.0 Å². The van der Waals surface area contributed by atoms with Crippen LogP contribution in [0.15, 0.2) is 34.5 Å². The number of rotatable bonds is 6. The van der Waals surface area contributed by atoms with Crippen LogP contribution in [0.1, 0.15) is 28.8 Å². The van der Waals surface area contributed by atoms with Crippen LogP contribution in [-0.4, -0.2) is 31.7 Å². The zero-order valence-electron chi connectivity index (χ0n) is 14.5. The minimum absolute atomic E-state index is 0.106. The molecule has 140 valence electrons. The van der Waals surface area contributed by atoms with Crippen LogP contribution in [0.5, 0.6) is 0 Å². The van der Waals surface area contributed by atoms with Crippen molar-refractivity contribution >= 4 is 27.3 Å². The number of nitrogens with zero attached hydrogens (tertiary/aromatic N) is 1. The summed E-state index contributed by atoms with van der Waals surface area (Å²) in [6.07, 6.45) is 1.88. The first kappa shape index (κ1) is 19.0. The number of nitrogens with one attached hydrogen (secondary N) is 1. The number of amides is 1. The second-order valence-corrected chi connectivity index (χ2v) is 9.70. The maximum Gasteiger partial charge on any atom is 0.252 e. The minimum Gasteiger partial charge on any atom is -0.352 e. The summed E-state index contributed by atoms with van der Waals surface area (Å²) in [5, 5.41) is 2.74. The van der Waals surface area contributed by atoms with Crippen molar-refractivity contribution in [1.82, 2.24) is 9.62 Å². The normalized spacial score (nSPS) is 15.3. The standard InChI is InChI=1S/C18H21FN2O3S2/c1-13-4-5-14(10-16(13)19)12-20-17(22)11-15-6-7-18(25-15)26(23,24)21-8-2-3-9-21/h4-7,10H,2-3,8-9,11-12H2,1H3,(H,20,22). The molecule has 0 saturated carbocycles. The molecule has 1 fully saturated rings. The highest BCUT2D eigenvalue weighted by Crippen LogP contribution is 2.27. The van der Waals surface area contributed by atoms with Crippen molar-refractivity contribution in [2.45, 2.75) is 36.9 Å². The number of aryl methyl sites for hydroxylation is 1. The van der Waals surface area contributed by atoms with Crippen molar-refractivity contribution in [1.29, 1.82) is 0 Å². The Morgan fingerprint density at radius 2 is 1.96 bits per heavy atom. The first-order valence-electron chi connectivity index (χ1n) is 8.47. The Kier molecular flexibility index (Phi) is 5.74. The predicted octanol–water partition coefficient (Wildman–Crippen LogP) is 2.84. The quantitative estimate of drug-likeness (QED) is 0.817. The van der Waals surface area contributed by atoms with Gasteiger partial charge in [-0.2, -0.15) is 4.31 Å². The molecule has 26 heavy (non-hydrogen) atoms. The van der Waals surface area contributed by atoms with Gasteiger partial charge in [0.25, 0.3) is 10.0 Å². The van der Waals surface area contributed by atoms with Gasteiger partial charge in [0.05, 0.1) is 6.42 Å². The lowest BCUT2D eigenvalue weighted by Crippen LogP contribution is -2.27. The van der Waals surface area contributed by atoms with Crippen LogP contribution in [0.4, 0.5) is 4.39 Å². The van der Waals surface area contributed by atoms with Crippen LogP contribution in [-0.2, 0) is 27.8 Å². The van der Waals surface area contributed by atoms with Crippen molar-refractivity contribution < 1.29 is 17.6 Å². The highest BCUT2D eigenvalue weighted by Gasteiger charge is 2.28. The van der Waals surface area contributed by atoms with E-state index in [0.717, 1.165) is 24.2 Å². The molecule has 3 rings (SSSR count). The number of carbonyl (C=O) groups is 1. The van der Waals surface area contributed by atoms with Crippen LogP contribution >= 0.6 is 11.3 Å². The zero-order valence-corrected chi connectivity index (χ0v) is 16.1. The topological polar surface area (TPSA) is 66.5 Å². The van der Waals surface area contributed by atoms with Crippen LogP contribution in [0.3, 0.4) is 0 Å². The predicted molar refractivity (Wildman–Crippen MR) is 99.0 cm³/mol. The molecular weight excluding hydrogens is 375 g/mol. The molecule has 1 amide bonds. The van der Waals surface area contributed by atoms with Crippen LogP contribution in [0.2, 0.25) is 0 Å². The van der Waals surface area contributed by atoms with Gasteiger partial charge >= 0.3 is 0 Å². The summed E-state index contributed by atoms with van der Waals surface area (Å²) in [6.45, 7) is 3.04. The van der Waals surface area contributed by atoms with E-state index in [2.05, 4.69) is 5.32 Å². The van der Waals surface area contributed by atoms with E-state index in [9.17, 15) is 17.6 Å². The summed E-state index contributed by atoms with van der Waals surface area (Å²) in [5.41, 5.74) is 1.25. The lowest BCUT2D eigenvalue weighted by atomic mass is 10.1. The van der Waals surface area contributed by atoms with Crippen molar-refractivity contribution in [3.05, 3.63) is 52.2 Å². The van der Waals surface area contributed by atoms with E-state index in [0.29, 0.717) is 29.1 Å². The molecule has 0 atom stereocenters. The number of carbonyl (C=O) groups excluding carboxylic acids is 1. The Bertz CT molecular complexity index is 903. The molecule has 0 bridgehead atoms. The molecule has 2 aromatic rings. The van der Waals surface area contributed by atoms with E-state index in [1.807, 2.05) is 0 Å². The van der Waals surface area contributed by atoms with Crippen molar-refractivity contribution in [2.75, 3.05) is 13.1 Å². The zero-order chi connectivity index (χ0) is 18.7. The molecule has 1 aliphatic rings. The number of halogens is 1. The molecule has 0 aliphatic carbocycles. The van der Waals surface area contributed by atoms with Crippen molar-refractivity contribution in [2.24, 2.45) is 0 Å². The number of hydrogen-bond acceptors (Lipinski definition) is 4. The Morgan fingerprint density at radius 3 is 2.65 bits per heavy atom. The Morgan fingerprint density at radius 1 is 1.23 bits per heavy atom. The first-order valence-corrected chi connectivity index (χ1v) is 10.7. The molecular formula is C18H21FN2O3S2. The summed E-state index contributed by atoms with van der Waals surface area (Å²) in [7, 11) is -3.44. The highest BCUT2D eigenvalue weighted by atomic mass is 32.2. The van der Waals surface area contributed by atoms with Crippen molar-refractivity contribution in [3.8, 4) is 0 Å². The number of sulfonamides is 1. The van der Waals surface area contributed by atoms with Gasteiger partial charge in [-0.15, -0.1) is 11.3 Å². The van der Waals surface area contributed by atoms with Gasteiger partial charge in [-0.1, -0.05) is 12.1 Å². The van der Waals surface area contributed by atoms with E-state index in [1.165, 1.54) is 10.4 Å². The van der Waals surface area contributed by atoms with E-state index in [1.54, 1.807) is 31.2 Å². The highest BCUT2D eigenvalue weighted by molar-refractivity contribution is 7.91. The third kappa shape index (κ3) is 4.31. The Hall–Kier alpha value is -1.77. The van der Waals surface area contributed by atoms with Gasteiger partial charge in [0.1, 0.15) is 10.0 Å². The summed E-state index contributed by atoms with van der Waals surface area (Å²) in [6, 6.07) is 8.09. The van der Waals surface area contributed by atoms with Crippen LogP contribution in [0, 0.1) is 12.7 Å². The molecule has 1 saturated heterocycles. The van der Waals surface area contributed by atoms with Gasteiger partial charge in [-0.3, -0.25) is 4.79 Å². The van der Waals surface area contributed by atoms with Gasteiger partial charge in [-0.25, -0.2) is 12.8 Å². The SMILES string of the molecule is Cc1ccc(CNC(=O)Cc2ccc(S(=O)(=O)N3CCCC3)s2)cc1F. The summed E-state index contributed by atoms with van der Waals surface area (Å²) in [5.74, 6) is -0.523. The van der Waals surface area contributed by atoms with E-state index >= 15 is 0 Å². The van der Waals surface area contributed by atoms with Gasteiger partial charge in [-0.05, 0) is 49.1 Å². The largest absolute Gasteiger partial charge is 0.352 e. The fraction of sp³-hybridized carbons (Fsp3) is 0.389. The number of thiophene rings is 1. The minimum atomic E-state index is -3.44. The van der Waals surface area contributed by atoms with Crippen LogP contribution in [0.25, 0.3) is 0 Å². The average Bonchev–Trinajstić information content (AvgIpc) is 3.28. The van der Waals surface area contributed by atoms with E-state index in [-0.39, 0.29) is 28.9 Å². The lowest BCUT2D eigenvalue weighted by molar-refractivity contribution is -0.120. The van der Waals surface area contributed by atoms with E-state index in [4.69, 9.17) is 0 Å². The van der Waals surface area contributed by atoms with Crippen molar-refractivity contribution in [3.63, 3.8) is 0 Å². The summed E-state index contributed by atoms with van der Waals surface area (Å²) in [4.78, 5) is 12.8. The second kappa shape index (κ2) is 7.85. The fourth-order valence-corrected chi connectivity index (χ4v) is 5.84. The summed E-state index contributed by atoms with van der Waals surface area (Å²) >= 11 is 1.13. The lowest BCUT2D eigenvalue weighted by Gasteiger charge is -2.13. The third-order valence-electron chi connectivity index (χ3n) is 4.36.